The van der Waals surface area contributed by atoms with Crippen molar-refractivity contribution in [1.82, 2.24) is 0 Å². The standard InChI is InChI=1S/C19H16N2O7S/c1-13-4-6-15(7-5-13)29(24,25)27-12-14-11-26-18-9-8-17(21(22)23)16(3-2-10-20)19(18)28-14/h2-9,14H,11-12H2,1H3/b3-2+. The predicted octanol–water partition coefficient (Wildman–Crippen LogP) is 2.99. The zero-order valence-corrected chi connectivity index (χ0v) is 16.1. The lowest BCUT2D eigenvalue weighted by atomic mass is 10.1. The number of nitrogens with zero attached hydrogens (tertiary/aromatic N) is 2. The average molecular weight is 416 g/mol. The van der Waals surface area contributed by atoms with Crippen molar-refractivity contribution < 1.29 is 27.0 Å². The lowest BCUT2D eigenvalue weighted by molar-refractivity contribution is -0.385. The van der Waals surface area contributed by atoms with Crippen molar-refractivity contribution in [1.29, 1.82) is 5.26 Å². The van der Waals surface area contributed by atoms with Gasteiger partial charge in [-0.05, 0) is 31.2 Å². The largest absolute Gasteiger partial charge is 0.486 e. The van der Waals surface area contributed by atoms with Crippen LogP contribution in [0.4, 0.5) is 5.69 Å². The molecule has 1 unspecified atom stereocenters. The van der Waals surface area contributed by atoms with Crippen molar-refractivity contribution in [2.24, 2.45) is 0 Å². The van der Waals surface area contributed by atoms with Crippen LogP contribution >= 0.6 is 0 Å². The summed E-state index contributed by atoms with van der Waals surface area (Å²) in [5, 5.41) is 20.0. The number of allylic oxidation sites excluding steroid dienone is 1. The van der Waals surface area contributed by atoms with Gasteiger partial charge in [0.05, 0.1) is 21.5 Å². The SMILES string of the molecule is Cc1ccc(S(=O)(=O)OCC2COc3ccc([N+](=O)[O-])c(/C=C/C#N)c3O2)cc1. The molecule has 1 aliphatic rings. The van der Waals surface area contributed by atoms with Gasteiger partial charge < -0.3 is 9.47 Å². The molecule has 10 heteroatoms. The van der Waals surface area contributed by atoms with Crippen molar-refractivity contribution in [2.45, 2.75) is 17.9 Å². The third-order valence-electron chi connectivity index (χ3n) is 4.09. The maximum absolute atomic E-state index is 12.3. The van der Waals surface area contributed by atoms with Gasteiger partial charge >= 0.3 is 0 Å². The van der Waals surface area contributed by atoms with E-state index in [-0.39, 0.29) is 40.9 Å². The van der Waals surface area contributed by atoms with E-state index >= 15 is 0 Å². The summed E-state index contributed by atoms with van der Waals surface area (Å²) in [7, 11) is -4.00. The van der Waals surface area contributed by atoms with Crippen LogP contribution in [0.25, 0.3) is 6.08 Å². The van der Waals surface area contributed by atoms with Gasteiger partial charge in [0, 0.05) is 12.1 Å². The average Bonchev–Trinajstić information content (AvgIpc) is 2.70. The van der Waals surface area contributed by atoms with Crippen LogP contribution in [0.1, 0.15) is 11.1 Å². The number of aryl methyl sites for hydroxylation is 1. The summed E-state index contributed by atoms with van der Waals surface area (Å²) in [5.41, 5.74) is 0.692. The van der Waals surface area contributed by atoms with Gasteiger partial charge in [0.15, 0.2) is 17.6 Å². The van der Waals surface area contributed by atoms with Crippen molar-refractivity contribution in [3.05, 3.63) is 63.7 Å². The number of ether oxygens (including phenoxy) is 2. The highest BCUT2D eigenvalue weighted by molar-refractivity contribution is 7.86. The molecule has 0 saturated heterocycles. The second kappa shape index (κ2) is 8.30. The molecule has 9 nitrogen and oxygen atoms in total. The van der Waals surface area contributed by atoms with E-state index in [4.69, 9.17) is 18.9 Å². The molecule has 0 aromatic heterocycles. The van der Waals surface area contributed by atoms with Gasteiger partial charge in [-0.25, -0.2) is 0 Å². The van der Waals surface area contributed by atoms with E-state index in [1.165, 1.54) is 30.3 Å². The summed E-state index contributed by atoms with van der Waals surface area (Å²) in [4.78, 5) is 10.7. The predicted molar refractivity (Wildman–Crippen MR) is 102 cm³/mol. The first-order valence-electron chi connectivity index (χ1n) is 8.45. The fraction of sp³-hybridized carbons (Fsp3) is 0.211. The van der Waals surface area contributed by atoms with Crippen LogP contribution in [0, 0.1) is 28.4 Å². The number of benzene rings is 2. The Balaban J connectivity index is 1.81. The normalized spacial score (nSPS) is 15.8. The molecule has 3 rings (SSSR count). The van der Waals surface area contributed by atoms with Crippen LogP contribution in [-0.4, -0.2) is 32.7 Å². The smallest absolute Gasteiger partial charge is 0.297 e. The van der Waals surface area contributed by atoms with E-state index in [1.807, 2.05) is 6.92 Å². The van der Waals surface area contributed by atoms with Crippen LogP contribution in [0.2, 0.25) is 0 Å². The lowest BCUT2D eigenvalue weighted by Crippen LogP contribution is -2.34. The Kier molecular flexibility index (Phi) is 5.81. The van der Waals surface area contributed by atoms with Gasteiger partial charge in [-0.3, -0.25) is 14.3 Å². The molecular weight excluding hydrogens is 400 g/mol. The number of nitriles is 1. The quantitative estimate of drug-likeness (QED) is 0.304. The van der Waals surface area contributed by atoms with Gasteiger partial charge in [-0.2, -0.15) is 13.7 Å². The van der Waals surface area contributed by atoms with Crippen LogP contribution in [0.3, 0.4) is 0 Å². The molecule has 1 atom stereocenters. The van der Waals surface area contributed by atoms with E-state index in [2.05, 4.69) is 0 Å². The molecular formula is C19H16N2O7S. The number of hydrogen-bond acceptors (Lipinski definition) is 8. The number of nitro benzene ring substituents is 1. The number of hydrogen-bond donors (Lipinski definition) is 0. The fourth-order valence-corrected chi connectivity index (χ4v) is 3.59. The Hall–Kier alpha value is -3.42. The van der Waals surface area contributed by atoms with Crippen LogP contribution in [-0.2, 0) is 14.3 Å². The summed E-state index contributed by atoms with van der Waals surface area (Å²) in [5.74, 6) is 0.309. The lowest BCUT2D eigenvalue weighted by Gasteiger charge is -2.27. The number of fused-ring (bicyclic) bond motifs is 1. The first kappa shape index (κ1) is 20.3. The van der Waals surface area contributed by atoms with E-state index in [0.29, 0.717) is 0 Å². The second-order valence-corrected chi connectivity index (χ2v) is 7.76. The Morgan fingerprint density at radius 1 is 1.31 bits per heavy atom. The minimum absolute atomic E-state index is 0.00433. The molecule has 1 heterocycles. The first-order valence-corrected chi connectivity index (χ1v) is 9.86. The van der Waals surface area contributed by atoms with Crippen LogP contribution in [0.15, 0.2) is 47.4 Å². The summed E-state index contributed by atoms with van der Waals surface area (Å²) in [6.45, 7) is 1.48. The third-order valence-corrected chi connectivity index (χ3v) is 5.38. The molecule has 0 bridgehead atoms. The fourth-order valence-electron chi connectivity index (χ4n) is 2.65. The highest BCUT2D eigenvalue weighted by Gasteiger charge is 2.29. The van der Waals surface area contributed by atoms with E-state index in [1.54, 1.807) is 18.2 Å². The maximum atomic E-state index is 12.3. The van der Waals surface area contributed by atoms with Crippen LogP contribution in [0.5, 0.6) is 11.5 Å². The molecule has 1 aliphatic heterocycles. The Morgan fingerprint density at radius 3 is 2.69 bits per heavy atom. The Morgan fingerprint density at radius 2 is 2.03 bits per heavy atom. The van der Waals surface area contributed by atoms with Crippen molar-refractivity contribution in [3.63, 3.8) is 0 Å². The molecule has 0 fully saturated rings. The van der Waals surface area contributed by atoms with Gasteiger partial charge in [-0.15, -0.1) is 0 Å². The third kappa shape index (κ3) is 4.53. The van der Waals surface area contributed by atoms with Crippen molar-refractivity contribution >= 4 is 21.9 Å². The van der Waals surface area contributed by atoms with Gasteiger partial charge in [0.25, 0.3) is 15.8 Å². The summed E-state index contributed by atoms with van der Waals surface area (Å²) >= 11 is 0. The van der Waals surface area contributed by atoms with Gasteiger partial charge in [0.2, 0.25) is 0 Å². The molecule has 0 N–H and O–H groups in total. The van der Waals surface area contributed by atoms with Gasteiger partial charge in [0.1, 0.15) is 13.2 Å². The maximum Gasteiger partial charge on any atom is 0.297 e. The molecule has 0 amide bonds. The Bertz CT molecular complexity index is 1100. The highest BCUT2D eigenvalue weighted by atomic mass is 32.2. The minimum atomic E-state index is -4.00. The molecule has 2 aromatic carbocycles. The molecule has 0 aliphatic carbocycles. The second-order valence-electron chi connectivity index (χ2n) is 6.15. The Labute approximate surface area is 167 Å². The summed E-state index contributed by atoms with van der Waals surface area (Å²) in [6.07, 6.45) is 1.50. The van der Waals surface area contributed by atoms with Crippen molar-refractivity contribution in [3.8, 4) is 17.6 Å². The van der Waals surface area contributed by atoms with Crippen molar-refractivity contribution in [2.75, 3.05) is 13.2 Å². The highest BCUT2D eigenvalue weighted by Crippen LogP contribution is 2.41. The number of nitro groups is 1. The van der Waals surface area contributed by atoms with Gasteiger partial charge in [-0.1, -0.05) is 17.7 Å². The van der Waals surface area contributed by atoms with E-state index < -0.39 is 21.1 Å². The minimum Gasteiger partial charge on any atom is -0.486 e. The van der Waals surface area contributed by atoms with E-state index in [0.717, 1.165) is 11.6 Å². The first-order chi connectivity index (χ1) is 13.8. The number of rotatable bonds is 6. The van der Waals surface area contributed by atoms with Crippen LogP contribution < -0.4 is 9.47 Å². The molecule has 150 valence electrons. The molecule has 0 saturated carbocycles. The monoisotopic (exact) mass is 416 g/mol. The molecule has 0 radical (unpaired) electrons. The summed E-state index contributed by atoms with van der Waals surface area (Å²) < 4.78 is 41.0. The zero-order valence-electron chi connectivity index (χ0n) is 15.3. The zero-order chi connectivity index (χ0) is 21.0. The molecule has 2 aromatic rings. The van der Waals surface area contributed by atoms with E-state index in [9.17, 15) is 18.5 Å². The molecule has 0 spiro atoms. The molecule has 29 heavy (non-hydrogen) atoms. The summed E-state index contributed by atoms with van der Waals surface area (Å²) in [6, 6.07) is 10.6. The topological polar surface area (TPSA) is 129 Å².